The molecule has 25 heavy (non-hydrogen) atoms. The van der Waals surface area contributed by atoms with E-state index in [2.05, 4.69) is 27.7 Å². The van der Waals surface area contributed by atoms with Gasteiger partial charge in [-0.05, 0) is 92.3 Å². The zero-order chi connectivity index (χ0) is 16.4. The summed E-state index contributed by atoms with van der Waals surface area (Å²) in [5.74, 6) is 8.22. The molecule has 3 rings (SSSR count). The van der Waals surface area contributed by atoms with Crippen molar-refractivity contribution in [1.82, 2.24) is 0 Å². The number of rotatable bonds is 3. The molecule has 0 aliphatic heterocycles. The molecule has 2 atom stereocenters. The fraction of sp³-hybridized carbons (Fsp3) is 1.00. The van der Waals surface area contributed by atoms with E-state index in [9.17, 15) is 0 Å². The second kappa shape index (κ2) is 10.3. The molecule has 2 nitrogen and oxygen atoms in total. The van der Waals surface area contributed by atoms with E-state index >= 15 is 0 Å². The first-order valence-corrected chi connectivity index (χ1v) is 11.0. The summed E-state index contributed by atoms with van der Waals surface area (Å²) in [7, 11) is 0. The predicted molar refractivity (Wildman–Crippen MR) is 109 cm³/mol. The Hall–Kier alpha value is -0.0800. The fourth-order valence-electron chi connectivity index (χ4n) is 6.45. The van der Waals surface area contributed by atoms with Crippen LogP contribution in [-0.4, -0.2) is 11.0 Å². The van der Waals surface area contributed by atoms with Gasteiger partial charge in [-0.15, -0.1) is 0 Å². The van der Waals surface area contributed by atoms with Crippen LogP contribution in [0.25, 0.3) is 0 Å². The molecule has 2 heteroatoms. The van der Waals surface area contributed by atoms with Crippen LogP contribution >= 0.6 is 0 Å². The summed E-state index contributed by atoms with van der Waals surface area (Å²) in [5.41, 5.74) is 0. The molecule has 0 aromatic carbocycles. The molecular formula is C23H46O2. The summed E-state index contributed by atoms with van der Waals surface area (Å²) in [5, 5.41) is 0. The second-order valence-electron chi connectivity index (χ2n) is 10.2. The first kappa shape index (κ1) is 23.0. The fourth-order valence-corrected chi connectivity index (χ4v) is 6.45. The van der Waals surface area contributed by atoms with E-state index in [0.717, 1.165) is 47.3 Å². The van der Waals surface area contributed by atoms with Gasteiger partial charge < -0.3 is 11.0 Å². The summed E-state index contributed by atoms with van der Waals surface area (Å²) >= 11 is 0. The molecule has 150 valence electrons. The van der Waals surface area contributed by atoms with Crippen molar-refractivity contribution in [2.24, 2.45) is 47.3 Å². The highest BCUT2D eigenvalue weighted by molar-refractivity contribution is 4.85. The van der Waals surface area contributed by atoms with Crippen LogP contribution < -0.4 is 0 Å². The molecule has 3 saturated carbocycles. The van der Waals surface area contributed by atoms with Crippen molar-refractivity contribution in [2.45, 2.75) is 98.3 Å². The van der Waals surface area contributed by atoms with Gasteiger partial charge in [-0.1, -0.05) is 53.4 Å². The van der Waals surface area contributed by atoms with Crippen LogP contribution in [0.2, 0.25) is 0 Å². The quantitative estimate of drug-likeness (QED) is 0.626. The molecule has 3 fully saturated rings. The van der Waals surface area contributed by atoms with Crippen molar-refractivity contribution in [2.75, 3.05) is 0 Å². The minimum Gasteiger partial charge on any atom is -0.412 e. The summed E-state index contributed by atoms with van der Waals surface area (Å²) < 4.78 is 0. The summed E-state index contributed by atoms with van der Waals surface area (Å²) in [6, 6.07) is 0. The van der Waals surface area contributed by atoms with Gasteiger partial charge in [-0.3, -0.25) is 0 Å². The SMILES string of the molecule is CC1CCC(C2CCC(CC3CC(C)C(C)C(C)C3)CC2)CC1.O.O. The van der Waals surface area contributed by atoms with Gasteiger partial charge in [0, 0.05) is 0 Å². The standard InChI is InChI=1S/C23H42.2H2O/c1-16-5-9-22(10-6-16)23-11-7-20(8-12-23)15-21-13-17(2)19(4)18(3)14-21;;/h16-23H,5-15H2,1-4H3;2*1H2. The van der Waals surface area contributed by atoms with Crippen LogP contribution in [0.1, 0.15) is 98.3 Å². The highest BCUT2D eigenvalue weighted by Crippen LogP contribution is 2.45. The highest BCUT2D eigenvalue weighted by Gasteiger charge is 2.34. The third-order valence-corrected chi connectivity index (χ3v) is 8.49. The molecule has 4 N–H and O–H groups in total. The van der Waals surface area contributed by atoms with Crippen molar-refractivity contribution < 1.29 is 11.0 Å². The van der Waals surface area contributed by atoms with E-state index in [1.54, 1.807) is 44.9 Å². The van der Waals surface area contributed by atoms with Gasteiger partial charge >= 0.3 is 0 Å². The minimum atomic E-state index is 0. The molecule has 0 bridgehead atoms. The Morgan fingerprint density at radius 2 is 1.00 bits per heavy atom. The first-order valence-electron chi connectivity index (χ1n) is 11.0. The van der Waals surface area contributed by atoms with Gasteiger partial charge in [0.2, 0.25) is 0 Å². The molecule has 0 amide bonds. The average Bonchev–Trinajstić information content (AvgIpc) is 2.54. The van der Waals surface area contributed by atoms with Crippen molar-refractivity contribution in [3.05, 3.63) is 0 Å². The molecule has 0 aromatic rings. The van der Waals surface area contributed by atoms with E-state index in [-0.39, 0.29) is 11.0 Å². The molecule has 3 aliphatic rings. The Balaban J connectivity index is 0.00000156. The normalized spacial score (nSPS) is 45.1. The molecular weight excluding hydrogens is 308 g/mol. The Bertz CT molecular complexity index is 341. The van der Waals surface area contributed by atoms with Gasteiger partial charge in [-0.2, -0.15) is 0 Å². The Kier molecular flexibility index (Phi) is 9.46. The molecule has 0 spiro atoms. The molecule has 0 saturated heterocycles. The van der Waals surface area contributed by atoms with Crippen LogP contribution in [0, 0.1) is 47.3 Å². The van der Waals surface area contributed by atoms with E-state index in [0.29, 0.717) is 0 Å². The number of hydrogen-bond donors (Lipinski definition) is 0. The molecule has 0 aromatic heterocycles. The second-order valence-corrected chi connectivity index (χ2v) is 10.2. The zero-order valence-electron chi connectivity index (χ0n) is 17.4. The highest BCUT2D eigenvalue weighted by atomic mass is 16.0. The molecule has 0 heterocycles. The van der Waals surface area contributed by atoms with Gasteiger partial charge in [0.25, 0.3) is 0 Å². The van der Waals surface area contributed by atoms with E-state index in [4.69, 9.17) is 0 Å². The summed E-state index contributed by atoms with van der Waals surface area (Å²) in [6.45, 7) is 9.96. The minimum absolute atomic E-state index is 0. The Labute approximate surface area is 157 Å². The topological polar surface area (TPSA) is 63.0 Å². The molecule has 3 aliphatic carbocycles. The molecule has 0 radical (unpaired) electrons. The average molecular weight is 355 g/mol. The van der Waals surface area contributed by atoms with Gasteiger partial charge in [0.05, 0.1) is 0 Å². The third-order valence-electron chi connectivity index (χ3n) is 8.49. The maximum Gasteiger partial charge on any atom is -0.0386 e. The predicted octanol–water partition coefficient (Wildman–Crippen LogP) is 5.68. The summed E-state index contributed by atoms with van der Waals surface area (Å²) in [4.78, 5) is 0. The summed E-state index contributed by atoms with van der Waals surface area (Å²) in [6.07, 6.45) is 17.0. The van der Waals surface area contributed by atoms with Crippen molar-refractivity contribution >= 4 is 0 Å². The van der Waals surface area contributed by atoms with Crippen LogP contribution in [0.4, 0.5) is 0 Å². The largest absolute Gasteiger partial charge is 0.412 e. The smallest absolute Gasteiger partial charge is 0.0386 e. The van der Waals surface area contributed by atoms with Crippen LogP contribution in [0.15, 0.2) is 0 Å². The van der Waals surface area contributed by atoms with Gasteiger partial charge in [0.15, 0.2) is 0 Å². The van der Waals surface area contributed by atoms with Crippen LogP contribution in [0.3, 0.4) is 0 Å². The van der Waals surface area contributed by atoms with E-state index < -0.39 is 0 Å². The lowest BCUT2D eigenvalue weighted by atomic mass is 9.65. The zero-order valence-corrected chi connectivity index (χ0v) is 17.4. The maximum absolute atomic E-state index is 2.51. The van der Waals surface area contributed by atoms with Gasteiger partial charge in [-0.25, -0.2) is 0 Å². The van der Waals surface area contributed by atoms with Crippen molar-refractivity contribution in [1.29, 1.82) is 0 Å². The lowest BCUT2D eigenvalue weighted by molar-refractivity contribution is 0.100. The van der Waals surface area contributed by atoms with Crippen LogP contribution in [0.5, 0.6) is 0 Å². The lowest BCUT2D eigenvalue weighted by Gasteiger charge is -2.41. The van der Waals surface area contributed by atoms with Crippen molar-refractivity contribution in [3.63, 3.8) is 0 Å². The first-order chi connectivity index (χ1) is 11.0. The van der Waals surface area contributed by atoms with Crippen LogP contribution in [-0.2, 0) is 0 Å². The van der Waals surface area contributed by atoms with Gasteiger partial charge in [0.1, 0.15) is 0 Å². The molecule has 2 unspecified atom stereocenters. The van der Waals surface area contributed by atoms with Crippen molar-refractivity contribution in [3.8, 4) is 0 Å². The Morgan fingerprint density at radius 1 is 0.560 bits per heavy atom. The van der Waals surface area contributed by atoms with E-state index in [1.165, 1.54) is 25.7 Å². The third kappa shape index (κ3) is 5.96. The van der Waals surface area contributed by atoms with E-state index in [1.807, 2.05) is 0 Å². The Morgan fingerprint density at radius 3 is 1.48 bits per heavy atom. The lowest BCUT2D eigenvalue weighted by Crippen LogP contribution is -2.30. The maximum atomic E-state index is 2.51. The monoisotopic (exact) mass is 354 g/mol. The number of hydrogen-bond acceptors (Lipinski definition) is 0.